The third-order valence-electron chi connectivity index (χ3n) is 2.85. The Labute approximate surface area is 134 Å². The van der Waals surface area contributed by atoms with Crippen LogP contribution in [-0.4, -0.2) is 19.2 Å². The Hall–Kier alpha value is -2.20. The molecule has 2 rings (SSSR count). The lowest BCUT2D eigenvalue weighted by Gasteiger charge is -2.08. The van der Waals surface area contributed by atoms with Crippen molar-refractivity contribution >= 4 is 17.6 Å². The molecular formula is C17H17ClO4. The molecule has 0 amide bonds. The molecule has 4 nitrogen and oxygen atoms in total. The van der Waals surface area contributed by atoms with Gasteiger partial charge >= 0.3 is 5.97 Å². The third-order valence-corrected chi connectivity index (χ3v) is 3.28. The summed E-state index contributed by atoms with van der Waals surface area (Å²) in [6, 6.07) is 12.1. The molecule has 0 aliphatic heterocycles. The Morgan fingerprint density at radius 2 is 1.59 bits per heavy atom. The summed E-state index contributed by atoms with van der Waals surface area (Å²) in [5, 5.41) is 0.630. The van der Waals surface area contributed by atoms with Crippen LogP contribution in [0, 0.1) is 6.92 Å². The van der Waals surface area contributed by atoms with Gasteiger partial charge < -0.3 is 14.2 Å². The molecule has 0 bridgehead atoms. The second-order valence-corrected chi connectivity index (χ2v) is 4.99. The molecule has 0 atom stereocenters. The van der Waals surface area contributed by atoms with Gasteiger partial charge in [-0.05, 0) is 61.9 Å². The molecule has 0 N–H and O–H groups in total. The van der Waals surface area contributed by atoms with Crippen molar-refractivity contribution in [2.45, 2.75) is 13.8 Å². The first-order valence-electron chi connectivity index (χ1n) is 6.91. The second kappa shape index (κ2) is 7.71. The molecule has 0 unspecified atom stereocenters. The lowest BCUT2D eigenvalue weighted by molar-refractivity contribution is -0.136. The number of aryl methyl sites for hydroxylation is 1. The topological polar surface area (TPSA) is 44.8 Å². The van der Waals surface area contributed by atoms with Gasteiger partial charge in [0.25, 0.3) is 0 Å². The van der Waals surface area contributed by atoms with Crippen LogP contribution in [0.2, 0.25) is 5.02 Å². The van der Waals surface area contributed by atoms with Crippen molar-refractivity contribution in [2.24, 2.45) is 0 Å². The zero-order valence-corrected chi connectivity index (χ0v) is 13.2. The number of hydrogen-bond donors (Lipinski definition) is 0. The maximum Gasteiger partial charge on any atom is 0.349 e. The lowest BCUT2D eigenvalue weighted by Crippen LogP contribution is -2.17. The number of benzene rings is 2. The summed E-state index contributed by atoms with van der Waals surface area (Å²) in [6.07, 6.45) is 0. The van der Waals surface area contributed by atoms with Crippen LogP contribution in [0.25, 0.3) is 0 Å². The highest BCUT2D eigenvalue weighted by Crippen LogP contribution is 2.21. The summed E-state index contributed by atoms with van der Waals surface area (Å²) in [5.41, 5.74) is 0.847. The number of halogens is 1. The van der Waals surface area contributed by atoms with E-state index in [2.05, 4.69) is 0 Å². The Bertz CT molecular complexity index is 638. The van der Waals surface area contributed by atoms with E-state index in [1.807, 2.05) is 13.8 Å². The van der Waals surface area contributed by atoms with Gasteiger partial charge in [-0.25, -0.2) is 4.79 Å². The molecule has 0 aliphatic rings. The summed E-state index contributed by atoms with van der Waals surface area (Å²) in [7, 11) is 0. The van der Waals surface area contributed by atoms with Crippen LogP contribution in [0.4, 0.5) is 0 Å². The Kier molecular flexibility index (Phi) is 5.67. The lowest BCUT2D eigenvalue weighted by atomic mass is 10.2. The second-order valence-electron chi connectivity index (χ2n) is 4.58. The van der Waals surface area contributed by atoms with E-state index in [4.69, 9.17) is 25.8 Å². The maximum atomic E-state index is 11.7. The molecule has 0 aliphatic carbocycles. The molecule has 0 spiro atoms. The summed E-state index contributed by atoms with van der Waals surface area (Å²) >= 11 is 5.92. The minimum Gasteiger partial charge on any atom is -0.494 e. The fraction of sp³-hybridized carbons (Fsp3) is 0.235. The standard InChI is InChI=1S/C17H17ClO4/c1-3-20-13-4-6-14(7-5-13)21-11-17(19)22-15-8-9-16(18)12(2)10-15/h4-10H,3,11H2,1-2H3. The molecule has 5 heteroatoms. The van der Waals surface area contributed by atoms with Gasteiger partial charge in [0.1, 0.15) is 17.2 Å². The van der Waals surface area contributed by atoms with Gasteiger partial charge in [0.05, 0.1) is 6.61 Å². The van der Waals surface area contributed by atoms with E-state index in [-0.39, 0.29) is 6.61 Å². The van der Waals surface area contributed by atoms with Crippen LogP contribution in [0.15, 0.2) is 42.5 Å². The average Bonchev–Trinajstić information content (AvgIpc) is 2.51. The zero-order valence-electron chi connectivity index (χ0n) is 12.5. The van der Waals surface area contributed by atoms with Crippen molar-refractivity contribution in [3.63, 3.8) is 0 Å². The highest BCUT2D eigenvalue weighted by molar-refractivity contribution is 6.31. The van der Waals surface area contributed by atoms with Gasteiger partial charge in [-0.1, -0.05) is 11.6 Å². The summed E-state index contributed by atoms with van der Waals surface area (Å²) in [4.78, 5) is 11.7. The van der Waals surface area contributed by atoms with Crippen molar-refractivity contribution in [3.8, 4) is 17.2 Å². The third kappa shape index (κ3) is 4.67. The van der Waals surface area contributed by atoms with Crippen molar-refractivity contribution in [1.29, 1.82) is 0 Å². The smallest absolute Gasteiger partial charge is 0.349 e. The molecule has 116 valence electrons. The van der Waals surface area contributed by atoms with Crippen LogP contribution >= 0.6 is 11.6 Å². The molecule has 0 radical (unpaired) electrons. The van der Waals surface area contributed by atoms with Crippen LogP contribution in [0.5, 0.6) is 17.2 Å². The van der Waals surface area contributed by atoms with Gasteiger partial charge in [-0.15, -0.1) is 0 Å². The fourth-order valence-corrected chi connectivity index (χ4v) is 1.90. The first-order valence-corrected chi connectivity index (χ1v) is 7.28. The number of esters is 1. The highest BCUT2D eigenvalue weighted by Gasteiger charge is 2.07. The highest BCUT2D eigenvalue weighted by atomic mass is 35.5. The molecular weight excluding hydrogens is 304 g/mol. The molecule has 0 fully saturated rings. The fourth-order valence-electron chi connectivity index (χ4n) is 1.78. The normalized spacial score (nSPS) is 10.1. The predicted octanol–water partition coefficient (Wildman–Crippen LogP) is 4.03. The molecule has 22 heavy (non-hydrogen) atoms. The summed E-state index contributed by atoms with van der Waals surface area (Å²) < 4.78 is 15.9. The molecule has 0 saturated carbocycles. The van der Waals surface area contributed by atoms with Gasteiger partial charge in [0.15, 0.2) is 6.61 Å². The van der Waals surface area contributed by atoms with Crippen molar-refractivity contribution in [3.05, 3.63) is 53.1 Å². The van der Waals surface area contributed by atoms with Crippen molar-refractivity contribution < 1.29 is 19.0 Å². The molecule has 0 aromatic heterocycles. The average molecular weight is 321 g/mol. The van der Waals surface area contributed by atoms with Crippen molar-refractivity contribution in [2.75, 3.05) is 13.2 Å². The molecule has 2 aromatic rings. The van der Waals surface area contributed by atoms with E-state index in [0.717, 1.165) is 11.3 Å². The molecule has 0 saturated heterocycles. The minimum absolute atomic E-state index is 0.171. The van der Waals surface area contributed by atoms with Crippen LogP contribution in [-0.2, 0) is 4.79 Å². The van der Waals surface area contributed by atoms with Crippen LogP contribution in [0.3, 0.4) is 0 Å². The van der Waals surface area contributed by atoms with E-state index in [9.17, 15) is 4.79 Å². The van der Waals surface area contributed by atoms with Crippen LogP contribution in [0.1, 0.15) is 12.5 Å². The van der Waals surface area contributed by atoms with Gasteiger partial charge in [0.2, 0.25) is 0 Å². The molecule has 2 aromatic carbocycles. The first-order chi connectivity index (χ1) is 10.6. The van der Waals surface area contributed by atoms with Crippen molar-refractivity contribution in [1.82, 2.24) is 0 Å². The summed E-state index contributed by atoms with van der Waals surface area (Å²) in [6.45, 7) is 4.19. The minimum atomic E-state index is -0.476. The Morgan fingerprint density at radius 3 is 2.18 bits per heavy atom. The molecule has 0 heterocycles. The van der Waals surface area contributed by atoms with E-state index in [1.54, 1.807) is 42.5 Å². The number of hydrogen-bond acceptors (Lipinski definition) is 4. The SMILES string of the molecule is CCOc1ccc(OCC(=O)Oc2ccc(Cl)c(C)c2)cc1. The monoisotopic (exact) mass is 320 g/mol. The zero-order chi connectivity index (χ0) is 15.9. The Balaban J connectivity index is 1.85. The van der Waals surface area contributed by atoms with E-state index in [0.29, 0.717) is 23.1 Å². The maximum absolute atomic E-state index is 11.7. The van der Waals surface area contributed by atoms with E-state index >= 15 is 0 Å². The Morgan fingerprint density at radius 1 is 1.00 bits per heavy atom. The number of carbonyl (C=O) groups is 1. The van der Waals surface area contributed by atoms with Gasteiger partial charge in [-0.3, -0.25) is 0 Å². The van der Waals surface area contributed by atoms with Crippen LogP contribution < -0.4 is 14.2 Å². The van der Waals surface area contributed by atoms with Gasteiger partial charge in [0, 0.05) is 5.02 Å². The number of carbonyl (C=O) groups excluding carboxylic acids is 1. The number of rotatable bonds is 6. The first kappa shape index (κ1) is 16.2. The van der Waals surface area contributed by atoms with E-state index in [1.165, 1.54) is 0 Å². The predicted molar refractivity (Wildman–Crippen MR) is 84.9 cm³/mol. The number of ether oxygens (including phenoxy) is 3. The van der Waals surface area contributed by atoms with Gasteiger partial charge in [-0.2, -0.15) is 0 Å². The quantitative estimate of drug-likeness (QED) is 0.595. The van der Waals surface area contributed by atoms with E-state index < -0.39 is 5.97 Å². The summed E-state index contributed by atoms with van der Waals surface area (Å²) in [5.74, 6) is 1.31. The largest absolute Gasteiger partial charge is 0.494 e.